The lowest BCUT2D eigenvalue weighted by atomic mass is 10.1. The van der Waals surface area contributed by atoms with Crippen molar-refractivity contribution in [2.45, 2.75) is 32.7 Å². The molecule has 106 valence electrons. The highest BCUT2D eigenvalue weighted by Gasteiger charge is 2.19. The second-order valence-corrected chi connectivity index (χ2v) is 5.04. The molecule has 0 radical (unpaired) electrons. The van der Waals surface area contributed by atoms with Crippen LogP contribution in [0.15, 0.2) is 24.3 Å². The van der Waals surface area contributed by atoms with Gasteiger partial charge in [0.15, 0.2) is 0 Å². The molecule has 0 aromatic heterocycles. The van der Waals surface area contributed by atoms with E-state index in [4.69, 9.17) is 11.6 Å². The Kier molecular flexibility index (Phi) is 6.89. The van der Waals surface area contributed by atoms with Crippen molar-refractivity contribution in [2.24, 2.45) is 0 Å². The molecule has 0 aliphatic heterocycles. The Bertz CT molecular complexity index is 409. The predicted molar refractivity (Wildman–Crippen MR) is 80.5 cm³/mol. The van der Waals surface area contributed by atoms with Crippen LogP contribution in [0, 0.1) is 0 Å². The van der Waals surface area contributed by atoms with Gasteiger partial charge in [-0.25, -0.2) is 0 Å². The molecule has 0 saturated heterocycles. The SMILES string of the molecule is CCC(C(=O)NCCc1ccccc1Cl)N(C)CC. The van der Waals surface area contributed by atoms with E-state index in [9.17, 15) is 4.79 Å². The first-order chi connectivity index (χ1) is 9.10. The number of benzene rings is 1. The van der Waals surface area contributed by atoms with E-state index in [0.717, 1.165) is 30.0 Å². The number of rotatable bonds is 7. The molecule has 0 bridgehead atoms. The van der Waals surface area contributed by atoms with E-state index in [0.29, 0.717) is 6.54 Å². The highest BCUT2D eigenvalue weighted by atomic mass is 35.5. The third kappa shape index (κ3) is 4.84. The number of carbonyl (C=O) groups excluding carboxylic acids is 1. The Morgan fingerprint density at radius 3 is 2.63 bits per heavy atom. The van der Waals surface area contributed by atoms with Gasteiger partial charge in [-0.3, -0.25) is 9.69 Å². The molecule has 0 saturated carbocycles. The molecule has 0 fully saturated rings. The molecule has 0 spiro atoms. The van der Waals surface area contributed by atoms with Crippen LogP contribution in [0.2, 0.25) is 5.02 Å². The van der Waals surface area contributed by atoms with Crippen LogP contribution in [0.1, 0.15) is 25.8 Å². The molecular weight excluding hydrogens is 260 g/mol. The minimum atomic E-state index is -0.0451. The van der Waals surface area contributed by atoms with Crippen LogP contribution in [0.3, 0.4) is 0 Å². The van der Waals surface area contributed by atoms with Gasteiger partial charge in [0, 0.05) is 11.6 Å². The van der Waals surface area contributed by atoms with Crippen LogP contribution in [0.4, 0.5) is 0 Å². The van der Waals surface area contributed by atoms with E-state index >= 15 is 0 Å². The molecule has 1 N–H and O–H groups in total. The summed E-state index contributed by atoms with van der Waals surface area (Å²) in [6, 6.07) is 7.69. The lowest BCUT2D eigenvalue weighted by molar-refractivity contribution is -0.126. The van der Waals surface area contributed by atoms with Crippen molar-refractivity contribution in [2.75, 3.05) is 20.1 Å². The van der Waals surface area contributed by atoms with E-state index in [-0.39, 0.29) is 11.9 Å². The fraction of sp³-hybridized carbons (Fsp3) is 0.533. The van der Waals surface area contributed by atoms with Crippen LogP contribution in [-0.2, 0) is 11.2 Å². The molecule has 1 aromatic rings. The lowest BCUT2D eigenvalue weighted by Gasteiger charge is -2.24. The van der Waals surface area contributed by atoms with E-state index in [1.54, 1.807) is 0 Å². The number of hydrogen-bond acceptors (Lipinski definition) is 2. The van der Waals surface area contributed by atoms with Gasteiger partial charge in [0.1, 0.15) is 0 Å². The maximum Gasteiger partial charge on any atom is 0.237 e. The maximum absolute atomic E-state index is 12.1. The second-order valence-electron chi connectivity index (χ2n) is 4.63. The monoisotopic (exact) mass is 282 g/mol. The molecule has 1 aromatic carbocycles. The highest BCUT2D eigenvalue weighted by molar-refractivity contribution is 6.31. The third-order valence-corrected chi connectivity index (χ3v) is 3.74. The van der Waals surface area contributed by atoms with Crippen molar-refractivity contribution in [3.63, 3.8) is 0 Å². The average Bonchev–Trinajstić information content (AvgIpc) is 2.41. The third-order valence-electron chi connectivity index (χ3n) is 3.37. The molecule has 1 rings (SSSR count). The number of nitrogens with one attached hydrogen (secondary N) is 1. The molecule has 0 aliphatic rings. The molecule has 19 heavy (non-hydrogen) atoms. The van der Waals surface area contributed by atoms with Crippen LogP contribution in [-0.4, -0.2) is 37.0 Å². The number of halogens is 1. The van der Waals surface area contributed by atoms with Crippen LogP contribution in [0.5, 0.6) is 0 Å². The summed E-state index contributed by atoms with van der Waals surface area (Å²) in [5, 5.41) is 3.74. The van der Waals surface area contributed by atoms with E-state index in [2.05, 4.69) is 17.1 Å². The summed E-state index contributed by atoms with van der Waals surface area (Å²) in [7, 11) is 1.97. The van der Waals surface area contributed by atoms with Crippen molar-refractivity contribution in [3.05, 3.63) is 34.9 Å². The summed E-state index contributed by atoms with van der Waals surface area (Å²) in [5.41, 5.74) is 1.07. The first-order valence-corrected chi connectivity index (χ1v) is 7.19. The number of hydrogen-bond donors (Lipinski definition) is 1. The van der Waals surface area contributed by atoms with Gasteiger partial charge in [0.2, 0.25) is 5.91 Å². The summed E-state index contributed by atoms with van der Waals surface area (Å²) >= 11 is 6.08. The van der Waals surface area contributed by atoms with Gasteiger partial charge < -0.3 is 5.32 Å². The van der Waals surface area contributed by atoms with E-state index < -0.39 is 0 Å². The smallest absolute Gasteiger partial charge is 0.237 e. The van der Waals surface area contributed by atoms with Crippen molar-refractivity contribution in [3.8, 4) is 0 Å². The zero-order valence-electron chi connectivity index (χ0n) is 11.9. The van der Waals surface area contributed by atoms with Gasteiger partial charge in [0.25, 0.3) is 0 Å². The largest absolute Gasteiger partial charge is 0.354 e. The number of amides is 1. The minimum Gasteiger partial charge on any atom is -0.354 e. The highest BCUT2D eigenvalue weighted by Crippen LogP contribution is 2.14. The topological polar surface area (TPSA) is 32.3 Å². The molecule has 1 unspecified atom stereocenters. The molecule has 3 nitrogen and oxygen atoms in total. The molecule has 4 heteroatoms. The van der Waals surface area contributed by atoms with Crippen LogP contribution >= 0.6 is 11.6 Å². The van der Waals surface area contributed by atoms with Crippen molar-refractivity contribution >= 4 is 17.5 Å². The van der Waals surface area contributed by atoms with Gasteiger partial charge in [-0.05, 0) is 38.1 Å². The Labute approximate surface area is 120 Å². The maximum atomic E-state index is 12.1. The van der Waals surface area contributed by atoms with Gasteiger partial charge in [-0.2, -0.15) is 0 Å². The minimum absolute atomic E-state index is 0.0451. The molecule has 0 heterocycles. The number of nitrogens with zero attached hydrogens (tertiary/aromatic N) is 1. The predicted octanol–water partition coefficient (Wildman–Crippen LogP) is 2.73. The molecular formula is C15H23ClN2O. The van der Waals surface area contributed by atoms with Gasteiger partial charge in [-0.15, -0.1) is 0 Å². The average molecular weight is 283 g/mol. The van der Waals surface area contributed by atoms with Gasteiger partial charge in [-0.1, -0.05) is 43.6 Å². The summed E-state index contributed by atoms with van der Waals surface area (Å²) in [5.74, 6) is 0.0962. The normalized spacial score (nSPS) is 12.5. The van der Waals surface area contributed by atoms with Gasteiger partial charge in [0.05, 0.1) is 6.04 Å². The lowest BCUT2D eigenvalue weighted by Crippen LogP contribution is -2.45. The van der Waals surface area contributed by atoms with Crippen LogP contribution in [0.25, 0.3) is 0 Å². The van der Waals surface area contributed by atoms with Crippen LogP contribution < -0.4 is 5.32 Å². The summed E-state index contributed by atoms with van der Waals surface area (Å²) < 4.78 is 0. The van der Waals surface area contributed by atoms with Crippen molar-refractivity contribution in [1.29, 1.82) is 0 Å². The Hall–Kier alpha value is -1.06. The van der Waals surface area contributed by atoms with E-state index in [1.807, 2.05) is 38.2 Å². The number of carbonyl (C=O) groups is 1. The fourth-order valence-electron chi connectivity index (χ4n) is 2.06. The second kappa shape index (κ2) is 8.18. The number of likely N-dealkylation sites (N-methyl/N-ethyl adjacent to an activating group) is 1. The van der Waals surface area contributed by atoms with Gasteiger partial charge >= 0.3 is 0 Å². The first-order valence-electron chi connectivity index (χ1n) is 6.81. The first kappa shape index (κ1) is 16.0. The zero-order valence-corrected chi connectivity index (χ0v) is 12.7. The molecule has 1 amide bonds. The van der Waals surface area contributed by atoms with E-state index in [1.165, 1.54) is 0 Å². The fourth-order valence-corrected chi connectivity index (χ4v) is 2.29. The summed E-state index contributed by atoms with van der Waals surface area (Å²) in [4.78, 5) is 14.1. The Balaban J connectivity index is 2.44. The summed E-state index contributed by atoms with van der Waals surface area (Å²) in [6.45, 7) is 5.58. The summed E-state index contributed by atoms with van der Waals surface area (Å²) in [6.07, 6.45) is 1.58. The standard InChI is InChI=1S/C15H23ClN2O/c1-4-14(18(3)5-2)15(19)17-11-10-12-8-6-7-9-13(12)16/h6-9,14H,4-5,10-11H2,1-3H3,(H,17,19). The molecule has 0 aliphatic carbocycles. The Morgan fingerprint density at radius 1 is 1.37 bits per heavy atom. The van der Waals surface area contributed by atoms with Crippen molar-refractivity contribution in [1.82, 2.24) is 10.2 Å². The quantitative estimate of drug-likeness (QED) is 0.834. The zero-order chi connectivity index (χ0) is 14.3. The van der Waals surface area contributed by atoms with Crippen molar-refractivity contribution < 1.29 is 4.79 Å². The molecule has 1 atom stereocenters. The Morgan fingerprint density at radius 2 is 2.05 bits per heavy atom.